The molecule has 1 aromatic rings. The second-order valence-corrected chi connectivity index (χ2v) is 7.57. The molecule has 0 unspecified atom stereocenters. The molecule has 1 aliphatic heterocycles. The molecule has 0 aliphatic carbocycles. The van der Waals surface area contributed by atoms with E-state index in [1.165, 1.54) is 0 Å². The molecule has 0 bridgehead atoms. The van der Waals surface area contributed by atoms with Gasteiger partial charge in [-0.25, -0.2) is 4.79 Å². The first kappa shape index (κ1) is 19.2. The van der Waals surface area contributed by atoms with Crippen molar-refractivity contribution in [3.8, 4) is 0 Å². The van der Waals surface area contributed by atoms with Crippen molar-refractivity contribution >= 4 is 12.0 Å². The number of nitrogens with zero attached hydrogens (tertiary/aromatic N) is 2. The third-order valence-electron chi connectivity index (χ3n) is 4.48. The lowest BCUT2D eigenvalue weighted by Gasteiger charge is -2.39. The van der Waals surface area contributed by atoms with Crippen LogP contribution in [0.25, 0.3) is 0 Å². The molecule has 1 aromatic carbocycles. The molecule has 6 heteroatoms. The quantitative estimate of drug-likeness (QED) is 0.908. The van der Waals surface area contributed by atoms with Crippen molar-refractivity contribution in [2.75, 3.05) is 20.1 Å². The number of primary amides is 1. The smallest absolute Gasteiger partial charge is 0.410 e. The van der Waals surface area contributed by atoms with Crippen LogP contribution in [0.5, 0.6) is 0 Å². The maximum atomic E-state index is 12.2. The number of amides is 2. The molecule has 0 saturated carbocycles. The lowest BCUT2D eigenvalue weighted by molar-refractivity contribution is -0.124. The van der Waals surface area contributed by atoms with Gasteiger partial charge >= 0.3 is 6.09 Å². The zero-order chi connectivity index (χ0) is 18.6. The van der Waals surface area contributed by atoms with Crippen LogP contribution >= 0.6 is 0 Å². The van der Waals surface area contributed by atoms with Gasteiger partial charge in [0.2, 0.25) is 5.91 Å². The Bertz CT molecular complexity index is 590. The first-order chi connectivity index (χ1) is 11.7. The number of carbonyl (C=O) groups is 2. The Morgan fingerprint density at radius 2 is 1.76 bits per heavy atom. The monoisotopic (exact) mass is 347 g/mol. The fourth-order valence-corrected chi connectivity index (χ4v) is 3.20. The predicted octanol–water partition coefficient (Wildman–Crippen LogP) is 2.54. The summed E-state index contributed by atoms with van der Waals surface area (Å²) in [6, 6.07) is 9.28. The molecule has 2 amide bonds. The zero-order valence-corrected chi connectivity index (χ0v) is 15.6. The molecule has 138 valence electrons. The number of rotatable bonds is 4. The number of hydrogen-bond acceptors (Lipinski definition) is 4. The summed E-state index contributed by atoms with van der Waals surface area (Å²) in [4.78, 5) is 28.0. The number of nitrogens with two attached hydrogens (primary N) is 1. The van der Waals surface area contributed by atoms with Gasteiger partial charge in [0.1, 0.15) is 11.6 Å². The summed E-state index contributed by atoms with van der Waals surface area (Å²) >= 11 is 0. The Kier molecular flexibility index (Phi) is 6.06. The van der Waals surface area contributed by atoms with Crippen LogP contribution in [0.4, 0.5) is 4.79 Å². The summed E-state index contributed by atoms with van der Waals surface area (Å²) in [6.07, 6.45) is 1.26. The number of likely N-dealkylation sites (tertiary alicyclic amines) is 1. The SMILES string of the molecule is CN(C(=O)OC(C)(C)C)C1CCN([C@@H](C(N)=O)c2ccccc2)CC1. The number of piperidine rings is 1. The van der Waals surface area contributed by atoms with Crippen LogP contribution in [-0.2, 0) is 9.53 Å². The second kappa shape index (κ2) is 7.87. The number of carbonyl (C=O) groups excluding carboxylic acids is 2. The number of hydrogen-bond donors (Lipinski definition) is 1. The van der Waals surface area contributed by atoms with Gasteiger partial charge in [0, 0.05) is 26.2 Å². The minimum atomic E-state index is -0.504. The Morgan fingerprint density at radius 1 is 1.20 bits per heavy atom. The fourth-order valence-electron chi connectivity index (χ4n) is 3.20. The average Bonchev–Trinajstić information content (AvgIpc) is 2.54. The van der Waals surface area contributed by atoms with Crippen molar-refractivity contribution in [2.45, 2.75) is 51.3 Å². The predicted molar refractivity (Wildman–Crippen MR) is 97.0 cm³/mol. The molecule has 2 N–H and O–H groups in total. The standard InChI is InChI=1S/C19H29N3O3/c1-19(2,3)25-18(24)21(4)15-10-12-22(13-11-15)16(17(20)23)14-8-6-5-7-9-14/h5-9,15-16H,10-13H2,1-4H3,(H2,20,23)/t16-/m1/s1. The molecular formula is C19H29N3O3. The van der Waals surface area contributed by atoms with Crippen LogP contribution in [0, 0.1) is 0 Å². The van der Waals surface area contributed by atoms with Crippen LogP contribution in [0.15, 0.2) is 30.3 Å². The first-order valence-corrected chi connectivity index (χ1v) is 8.73. The van der Waals surface area contributed by atoms with E-state index in [9.17, 15) is 9.59 Å². The van der Waals surface area contributed by atoms with Gasteiger partial charge in [-0.15, -0.1) is 0 Å². The van der Waals surface area contributed by atoms with E-state index >= 15 is 0 Å². The number of ether oxygens (including phenoxy) is 1. The summed E-state index contributed by atoms with van der Waals surface area (Å²) in [5, 5.41) is 0. The van der Waals surface area contributed by atoms with Crippen molar-refractivity contribution < 1.29 is 14.3 Å². The lowest BCUT2D eigenvalue weighted by Crippen LogP contribution is -2.49. The third-order valence-corrected chi connectivity index (χ3v) is 4.48. The highest BCUT2D eigenvalue weighted by Gasteiger charge is 2.33. The fraction of sp³-hybridized carbons (Fsp3) is 0.579. The minimum Gasteiger partial charge on any atom is -0.444 e. The zero-order valence-electron chi connectivity index (χ0n) is 15.6. The van der Waals surface area contributed by atoms with Gasteiger partial charge < -0.3 is 15.4 Å². The minimum absolute atomic E-state index is 0.107. The highest BCUT2D eigenvalue weighted by molar-refractivity contribution is 5.81. The highest BCUT2D eigenvalue weighted by Crippen LogP contribution is 2.26. The summed E-state index contributed by atoms with van der Waals surface area (Å²) in [7, 11) is 1.77. The molecule has 25 heavy (non-hydrogen) atoms. The van der Waals surface area contributed by atoms with Gasteiger partial charge in [-0.05, 0) is 39.2 Å². The molecule has 2 rings (SSSR count). The van der Waals surface area contributed by atoms with Crippen LogP contribution in [-0.4, -0.2) is 53.6 Å². The van der Waals surface area contributed by atoms with Gasteiger partial charge in [-0.3, -0.25) is 9.69 Å². The molecule has 1 heterocycles. The molecule has 1 saturated heterocycles. The van der Waals surface area contributed by atoms with Crippen molar-refractivity contribution in [3.63, 3.8) is 0 Å². The molecule has 1 aliphatic rings. The summed E-state index contributed by atoms with van der Waals surface area (Å²) in [5.41, 5.74) is 6.05. The molecule has 0 aromatic heterocycles. The topological polar surface area (TPSA) is 75.9 Å². The Balaban J connectivity index is 1.98. The van der Waals surface area contributed by atoms with Crippen molar-refractivity contribution in [2.24, 2.45) is 5.73 Å². The summed E-state index contributed by atoms with van der Waals surface area (Å²) in [5.74, 6) is -0.342. The van der Waals surface area contributed by atoms with Crippen molar-refractivity contribution in [3.05, 3.63) is 35.9 Å². The van der Waals surface area contributed by atoms with Gasteiger partial charge in [0.15, 0.2) is 0 Å². The number of benzene rings is 1. The van der Waals surface area contributed by atoms with Crippen LogP contribution in [0.1, 0.15) is 45.2 Å². The Hall–Kier alpha value is -2.08. The van der Waals surface area contributed by atoms with E-state index in [2.05, 4.69) is 4.90 Å². The van der Waals surface area contributed by atoms with E-state index in [-0.39, 0.29) is 18.0 Å². The van der Waals surface area contributed by atoms with Crippen molar-refractivity contribution in [1.82, 2.24) is 9.80 Å². The van der Waals surface area contributed by atoms with Crippen LogP contribution in [0.2, 0.25) is 0 Å². The van der Waals surface area contributed by atoms with E-state index in [0.717, 1.165) is 18.4 Å². The van der Waals surface area contributed by atoms with Crippen molar-refractivity contribution in [1.29, 1.82) is 0 Å². The Morgan fingerprint density at radius 3 is 2.24 bits per heavy atom. The third kappa shape index (κ3) is 5.19. The maximum absolute atomic E-state index is 12.2. The molecule has 1 atom stereocenters. The molecule has 0 spiro atoms. The lowest BCUT2D eigenvalue weighted by atomic mass is 9.98. The van der Waals surface area contributed by atoms with E-state index in [0.29, 0.717) is 13.1 Å². The van der Waals surface area contributed by atoms with E-state index in [4.69, 9.17) is 10.5 Å². The van der Waals surface area contributed by atoms with E-state index < -0.39 is 11.6 Å². The van der Waals surface area contributed by atoms with Crippen LogP contribution in [0.3, 0.4) is 0 Å². The van der Waals surface area contributed by atoms with E-state index in [1.807, 2.05) is 51.1 Å². The molecule has 6 nitrogen and oxygen atoms in total. The van der Waals surface area contributed by atoms with Gasteiger partial charge in [0.05, 0.1) is 0 Å². The highest BCUT2D eigenvalue weighted by atomic mass is 16.6. The maximum Gasteiger partial charge on any atom is 0.410 e. The van der Waals surface area contributed by atoms with E-state index in [1.54, 1.807) is 11.9 Å². The summed E-state index contributed by atoms with van der Waals surface area (Å²) in [6.45, 7) is 7.00. The average molecular weight is 347 g/mol. The van der Waals surface area contributed by atoms with Gasteiger partial charge in [0.25, 0.3) is 0 Å². The Labute approximate surface area is 149 Å². The molecule has 1 fully saturated rings. The molecular weight excluding hydrogens is 318 g/mol. The van der Waals surface area contributed by atoms with Crippen LogP contribution < -0.4 is 5.73 Å². The summed E-state index contributed by atoms with van der Waals surface area (Å²) < 4.78 is 5.43. The first-order valence-electron chi connectivity index (χ1n) is 8.73. The van der Waals surface area contributed by atoms with Gasteiger partial charge in [-0.1, -0.05) is 30.3 Å². The molecule has 0 radical (unpaired) electrons. The van der Waals surface area contributed by atoms with Gasteiger partial charge in [-0.2, -0.15) is 0 Å². The second-order valence-electron chi connectivity index (χ2n) is 7.57. The largest absolute Gasteiger partial charge is 0.444 e. The normalized spacial score (nSPS) is 17.8.